The number of carbonyl (C=O) groups is 3. The van der Waals surface area contributed by atoms with Crippen molar-refractivity contribution in [2.75, 3.05) is 33.3 Å². The van der Waals surface area contributed by atoms with E-state index in [1.54, 1.807) is 12.1 Å². The van der Waals surface area contributed by atoms with Gasteiger partial charge >= 0.3 is 11.9 Å². The lowest BCUT2D eigenvalue weighted by Gasteiger charge is -2.19. The van der Waals surface area contributed by atoms with Crippen LogP contribution in [0.4, 0.5) is 0 Å². The third kappa shape index (κ3) is 10.6. The van der Waals surface area contributed by atoms with Crippen molar-refractivity contribution in [3.05, 3.63) is 47.9 Å². The molecule has 0 saturated carbocycles. The topological polar surface area (TPSA) is 163 Å². The third-order valence-corrected chi connectivity index (χ3v) is 6.46. The SMILES string of the molecule is CCCCN(CC)CCNC(=O)c1ccc(CS(=O)(=O)c2ccc(OC)cc2)o1.O=C(O)C(=O)O. The summed E-state index contributed by atoms with van der Waals surface area (Å²) in [6.45, 7) is 7.47. The number of methoxy groups -OCH3 is 1. The van der Waals surface area contributed by atoms with E-state index in [9.17, 15) is 13.2 Å². The summed E-state index contributed by atoms with van der Waals surface area (Å²) in [5.74, 6) is -3.38. The summed E-state index contributed by atoms with van der Waals surface area (Å²) in [6, 6.07) is 9.19. The Morgan fingerprint density at radius 1 is 1.00 bits per heavy atom. The number of hydrogen-bond donors (Lipinski definition) is 3. The van der Waals surface area contributed by atoms with E-state index in [0.29, 0.717) is 12.3 Å². The van der Waals surface area contributed by atoms with Crippen LogP contribution in [0.3, 0.4) is 0 Å². The normalized spacial score (nSPS) is 10.9. The molecule has 0 saturated heterocycles. The number of carbonyl (C=O) groups excluding carboxylic acids is 1. The van der Waals surface area contributed by atoms with Crippen LogP contribution >= 0.6 is 0 Å². The molecule has 0 aliphatic rings. The Kier molecular flexibility index (Phi) is 12.5. The molecule has 0 radical (unpaired) electrons. The fourth-order valence-corrected chi connectivity index (χ4v) is 4.10. The predicted octanol–water partition coefficient (Wildman–Crippen LogP) is 2.27. The van der Waals surface area contributed by atoms with Crippen molar-refractivity contribution in [1.82, 2.24) is 10.2 Å². The molecule has 1 heterocycles. The molecule has 0 aliphatic carbocycles. The van der Waals surface area contributed by atoms with Crippen molar-refractivity contribution < 1.29 is 42.2 Å². The van der Waals surface area contributed by atoms with E-state index in [0.717, 1.165) is 32.5 Å². The zero-order valence-electron chi connectivity index (χ0n) is 20.0. The molecule has 0 bridgehead atoms. The van der Waals surface area contributed by atoms with Crippen molar-refractivity contribution in [1.29, 1.82) is 0 Å². The Morgan fingerprint density at radius 2 is 1.63 bits per heavy atom. The van der Waals surface area contributed by atoms with Crippen molar-refractivity contribution in [3.63, 3.8) is 0 Å². The van der Waals surface area contributed by atoms with Crippen molar-refractivity contribution in [2.24, 2.45) is 0 Å². The first-order chi connectivity index (χ1) is 16.5. The summed E-state index contributed by atoms with van der Waals surface area (Å²) in [4.78, 5) is 32.9. The fourth-order valence-electron chi connectivity index (χ4n) is 2.86. The molecule has 194 valence electrons. The first-order valence-corrected chi connectivity index (χ1v) is 12.6. The van der Waals surface area contributed by atoms with Crippen LogP contribution in [0.15, 0.2) is 45.7 Å². The first kappa shape index (κ1) is 29.7. The molecule has 0 aliphatic heterocycles. The van der Waals surface area contributed by atoms with Crippen LogP contribution in [-0.2, 0) is 25.2 Å². The highest BCUT2D eigenvalue weighted by Gasteiger charge is 2.19. The monoisotopic (exact) mass is 512 g/mol. The number of rotatable bonds is 12. The highest BCUT2D eigenvalue weighted by atomic mass is 32.2. The molecule has 0 atom stereocenters. The predicted molar refractivity (Wildman–Crippen MR) is 127 cm³/mol. The molecule has 2 rings (SSSR count). The van der Waals surface area contributed by atoms with Crippen molar-refractivity contribution >= 4 is 27.7 Å². The van der Waals surface area contributed by atoms with Gasteiger partial charge in [0.2, 0.25) is 0 Å². The number of sulfone groups is 1. The number of ether oxygens (including phenoxy) is 1. The Bertz CT molecular complexity index is 1050. The van der Waals surface area contributed by atoms with E-state index in [2.05, 4.69) is 24.1 Å². The van der Waals surface area contributed by atoms with Crippen LogP contribution in [0.2, 0.25) is 0 Å². The smallest absolute Gasteiger partial charge is 0.414 e. The maximum absolute atomic E-state index is 12.5. The summed E-state index contributed by atoms with van der Waals surface area (Å²) in [6.07, 6.45) is 2.27. The van der Waals surface area contributed by atoms with Gasteiger partial charge < -0.3 is 29.6 Å². The number of hydrogen-bond acceptors (Lipinski definition) is 8. The molecular weight excluding hydrogens is 480 g/mol. The summed E-state index contributed by atoms with van der Waals surface area (Å²) < 4.78 is 35.6. The van der Waals surface area contributed by atoms with E-state index in [-0.39, 0.29) is 28.1 Å². The minimum Gasteiger partial charge on any atom is -0.497 e. The largest absolute Gasteiger partial charge is 0.497 e. The molecule has 35 heavy (non-hydrogen) atoms. The highest BCUT2D eigenvalue weighted by Crippen LogP contribution is 2.21. The van der Waals surface area contributed by atoms with Crippen LogP contribution in [0.25, 0.3) is 0 Å². The first-order valence-electron chi connectivity index (χ1n) is 11.0. The number of aliphatic carboxylic acids is 2. The lowest BCUT2D eigenvalue weighted by atomic mass is 10.3. The molecule has 2 aromatic rings. The number of nitrogens with zero attached hydrogens (tertiary/aromatic N) is 1. The number of furan rings is 1. The minimum atomic E-state index is -3.58. The molecule has 11 nitrogen and oxygen atoms in total. The maximum Gasteiger partial charge on any atom is 0.414 e. The molecule has 1 aromatic heterocycles. The molecule has 3 N–H and O–H groups in total. The highest BCUT2D eigenvalue weighted by molar-refractivity contribution is 7.90. The maximum atomic E-state index is 12.5. The van der Waals surface area contributed by atoms with Gasteiger partial charge in [-0.1, -0.05) is 20.3 Å². The van der Waals surface area contributed by atoms with Gasteiger partial charge in [0, 0.05) is 13.1 Å². The summed E-state index contributed by atoms with van der Waals surface area (Å²) in [5, 5.41) is 17.6. The average Bonchev–Trinajstić information content (AvgIpc) is 3.29. The summed E-state index contributed by atoms with van der Waals surface area (Å²) >= 11 is 0. The van der Waals surface area contributed by atoms with Gasteiger partial charge in [0.1, 0.15) is 17.3 Å². The molecule has 0 unspecified atom stereocenters. The number of unbranched alkanes of at least 4 members (excludes halogenated alkanes) is 1. The second kappa shape index (κ2) is 14.8. The van der Waals surface area contributed by atoms with Crippen LogP contribution in [-0.4, -0.2) is 74.7 Å². The van der Waals surface area contributed by atoms with Gasteiger partial charge in [-0.2, -0.15) is 0 Å². The number of benzene rings is 1. The van der Waals surface area contributed by atoms with E-state index >= 15 is 0 Å². The average molecular weight is 513 g/mol. The van der Waals surface area contributed by atoms with Crippen LogP contribution in [0.5, 0.6) is 5.75 Å². The third-order valence-electron chi connectivity index (χ3n) is 4.81. The Labute approximate surface area is 204 Å². The van der Waals surface area contributed by atoms with Crippen LogP contribution < -0.4 is 10.1 Å². The van der Waals surface area contributed by atoms with E-state index in [1.165, 1.54) is 31.4 Å². The second-order valence-electron chi connectivity index (χ2n) is 7.35. The number of likely N-dealkylation sites (N-methyl/N-ethyl adjacent to an activating group) is 1. The quantitative estimate of drug-likeness (QED) is 0.359. The van der Waals surface area contributed by atoms with Crippen molar-refractivity contribution in [2.45, 2.75) is 37.3 Å². The van der Waals surface area contributed by atoms with Gasteiger partial charge in [-0.05, 0) is 55.9 Å². The molecule has 0 fully saturated rings. The van der Waals surface area contributed by atoms with Gasteiger partial charge in [0.25, 0.3) is 5.91 Å². The standard InChI is InChI=1S/C21H30N2O5S.C2H2O4/c1-4-6-14-23(5-2)15-13-22-21(24)20-12-9-18(28-20)16-29(25,26)19-10-7-17(27-3)8-11-19;3-1(4)2(5)6/h7-12H,4-6,13-16H2,1-3H3,(H,22,24);(H,3,4)(H,5,6). The van der Waals surface area contributed by atoms with Gasteiger partial charge in [-0.3, -0.25) is 4.79 Å². The summed E-state index contributed by atoms with van der Waals surface area (Å²) in [7, 11) is -2.06. The van der Waals surface area contributed by atoms with Gasteiger partial charge in [-0.25, -0.2) is 18.0 Å². The minimum absolute atomic E-state index is 0.113. The summed E-state index contributed by atoms with van der Waals surface area (Å²) in [5.41, 5.74) is 0. The van der Waals surface area contributed by atoms with Crippen LogP contribution in [0, 0.1) is 0 Å². The number of carboxylic acids is 2. The Hall–Kier alpha value is -3.38. The number of nitrogens with one attached hydrogen (secondary N) is 1. The van der Waals surface area contributed by atoms with Gasteiger partial charge in [0.05, 0.1) is 12.0 Å². The second-order valence-corrected chi connectivity index (χ2v) is 9.34. The zero-order valence-corrected chi connectivity index (χ0v) is 20.8. The number of amides is 1. The van der Waals surface area contributed by atoms with Gasteiger partial charge in [-0.15, -0.1) is 0 Å². The van der Waals surface area contributed by atoms with Crippen LogP contribution in [0.1, 0.15) is 43.0 Å². The van der Waals surface area contributed by atoms with E-state index in [4.69, 9.17) is 29.0 Å². The molecule has 0 spiro atoms. The molecular formula is C23H32N2O9S. The van der Waals surface area contributed by atoms with E-state index in [1.807, 2.05) is 0 Å². The molecule has 12 heteroatoms. The lowest BCUT2D eigenvalue weighted by molar-refractivity contribution is -0.159. The lowest BCUT2D eigenvalue weighted by Crippen LogP contribution is -2.35. The van der Waals surface area contributed by atoms with Gasteiger partial charge in [0.15, 0.2) is 15.6 Å². The Balaban J connectivity index is 0.000000905. The van der Waals surface area contributed by atoms with E-state index < -0.39 is 21.8 Å². The Morgan fingerprint density at radius 3 is 2.14 bits per heavy atom. The molecule has 1 amide bonds. The fraction of sp³-hybridized carbons (Fsp3) is 0.435. The zero-order chi connectivity index (χ0) is 26.4. The van der Waals surface area contributed by atoms with Crippen molar-refractivity contribution in [3.8, 4) is 5.75 Å². The number of carboxylic acid groups (broad SMARTS) is 2. The molecule has 1 aromatic carbocycles.